The molecular formula is C11H9ClN2O. The summed E-state index contributed by atoms with van der Waals surface area (Å²) in [6.07, 6.45) is 0. The maximum atomic E-state index is 11.1. The highest BCUT2D eigenvalue weighted by Crippen LogP contribution is 2.22. The molecule has 0 unspecified atom stereocenters. The molecule has 0 aliphatic rings. The SMILES string of the molecule is CC(=O)/C(C#N)=C(\N)c1ccccc1Cl. The van der Waals surface area contributed by atoms with E-state index < -0.39 is 0 Å². The first-order valence-corrected chi connectivity index (χ1v) is 4.61. The summed E-state index contributed by atoms with van der Waals surface area (Å²) in [6, 6.07) is 8.58. The van der Waals surface area contributed by atoms with Gasteiger partial charge in [-0.1, -0.05) is 29.8 Å². The first-order chi connectivity index (χ1) is 7.07. The van der Waals surface area contributed by atoms with Crippen molar-refractivity contribution in [1.29, 1.82) is 5.26 Å². The minimum Gasteiger partial charge on any atom is -0.397 e. The lowest BCUT2D eigenvalue weighted by Crippen LogP contribution is -2.06. The summed E-state index contributed by atoms with van der Waals surface area (Å²) >= 11 is 5.89. The highest BCUT2D eigenvalue weighted by atomic mass is 35.5. The second-order valence-electron chi connectivity index (χ2n) is 2.94. The van der Waals surface area contributed by atoms with Crippen LogP contribution in [-0.2, 0) is 4.79 Å². The van der Waals surface area contributed by atoms with E-state index in [1.54, 1.807) is 30.3 Å². The molecule has 0 saturated heterocycles. The molecule has 0 aliphatic carbocycles. The number of carbonyl (C=O) groups is 1. The van der Waals surface area contributed by atoms with Crippen molar-refractivity contribution in [2.45, 2.75) is 6.92 Å². The number of rotatable bonds is 2. The predicted molar refractivity (Wildman–Crippen MR) is 58.9 cm³/mol. The summed E-state index contributed by atoms with van der Waals surface area (Å²) in [5.41, 5.74) is 6.26. The van der Waals surface area contributed by atoms with Gasteiger partial charge in [-0.25, -0.2) is 0 Å². The minimum atomic E-state index is -0.366. The Morgan fingerprint density at radius 2 is 2.07 bits per heavy atom. The van der Waals surface area contributed by atoms with E-state index in [1.807, 2.05) is 0 Å². The number of hydrogen-bond donors (Lipinski definition) is 1. The fourth-order valence-electron chi connectivity index (χ4n) is 1.14. The van der Waals surface area contributed by atoms with E-state index in [0.717, 1.165) is 0 Å². The Hall–Kier alpha value is -1.79. The molecule has 1 aromatic rings. The van der Waals surface area contributed by atoms with Crippen LogP contribution in [-0.4, -0.2) is 5.78 Å². The highest BCUT2D eigenvalue weighted by Gasteiger charge is 2.12. The molecule has 0 heterocycles. The fourth-order valence-corrected chi connectivity index (χ4v) is 1.38. The van der Waals surface area contributed by atoms with E-state index in [9.17, 15) is 4.79 Å². The zero-order chi connectivity index (χ0) is 11.4. The van der Waals surface area contributed by atoms with Crippen LogP contribution in [0, 0.1) is 11.3 Å². The first kappa shape index (κ1) is 11.3. The summed E-state index contributed by atoms with van der Waals surface area (Å²) in [7, 11) is 0. The number of carbonyl (C=O) groups excluding carboxylic acids is 1. The molecule has 0 radical (unpaired) electrons. The summed E-state index contributed by atoms with van der Waals surface area (Å²) in [5, 5.41) is 9.19. The third kappa shape index (κ3) is 2.36. The van der Waals surface area contributed by atoms with Crippen LogP contribution in [0.15, 0.2) is 29.8 Å². The average Bonchev–Trinajstić information content (AvgIpc) is 2.18. The molecule has 1 rings (SSSR count). The monoisotopic (exact) mass is 220 g/mol. The average molecular weight is 221 g/mol. The molecule has 0 amide bonds. The summed E-state index contributed by atoms with van der Waals surface area (Å²) in [5.74, 6) is -0.366. The summed E-state index contributed by atoms with van der Waals surface area (Å²) in [4.78, 5) is 11.1. The molecule has 0 atom stereocenters. The van der Waals surface area contributed by atoms with Crippen molar-refractivity contribution in [2.24, 2.45) is 5.73 Å². The molecule has 1 aromatic carbocycles. The third-order valence-electron chi connectivity index (χ3n) is 1.90. The van der Waals surface area contributed by atoms with Gasteiger partial charge in [-0.2, -0.15) is 5.26 Å². The van der Waals surface area contributed by atoms with Crippen molar-refractivity contribution in [2.75, 3.05) is 0 Å². The standard InChI is InChI=1S/C11H9ClN2O/c1-7(15)9(6-13)11(14)8-4-2-3-5-10(8)12/h2-5H,14H2,1H3/b11-9-. The quantitative estimate of drug-likeness (QED) is 0.613. The van der Waals surface area contributed by atoms with Crippen LogP contribution in [0.1, 0.15) is 12.5 Å². The van der Waals surface area contributed by atoms with E-state index in [4.69, 9.17) is 22.6 Å². The number of halogens is 1. The zero-order valence-corrected chi connectivity index (χ0v) is 8.88. The zero-order valence-electron chi connectivity index (χ0n) is 8.12. The molecule has 0 saturated carbocycles. The van der Waals surface area contributed by atoms with E-state index in [1.165, 1.54) is 6.92 Å². The topological polar surface area (TPSA) is 66.9 Å². The lowest BCUT2D eigenvalue weighted by atomic mass is 10.1. The van der Waals surface area contributed by atoms with Crippen LogP contribution in [0.5, 0.6) is 0 Å². The largest absolute Gasteiger partial charge is 0.397 e. The second kappa shape index (κ2) is 4.63. The van der Waals surface area contributed by atoms with Crippen molar-refractivity contribution in [3.05, 3.63) is 40.4 Å². The fraction of sp³-hybridized carbons (Fsp3) is 0.0909. The van der Waals surface area contributed by atoms with E-state index >= 15 is 0 Å². The maximum absolute atomic E-state index is 11.1. The molecule has 15 heavy (non-hydrogen) atoms. The molecule has 0 fully saturated rings. The van der Waals surface area contributed by atoms with Gasteiger partial charge in [0.2, 0.25) is 0 Å². The van der Waals surface area contributed by atoms with Crippen LogP contribution >= 0.6 is 11.6 Å². The Morgan fingerprint density at radius 1 is 1.47 bits per heavy atom. The molecule has 3 nitrogen and oxygen atoms in total. The molecule has 4 heteroatoms. The lowest BCUT2D eigenvalue weighted by molar-refractivity contribution is -0.113. The van der Waals surface area contributed by atoms with Gasteiger partial charge in [0.1, 0.15) is 11.6 Å². The predicted octanol–water partition coefficient (Wildman–Crippen LogP) is 2.12. The maximum Gasteiger partial charge on any atom is 0.172 e. The first-order valence-electron chi connectivity index (χ1n) is 4.23. The van der Waals surface area contributed by atoms with Crippen LogP contribution in [0.3, 0.4) is 0 Å². The number of nitriles is 1. The van der Waals surface area contributed by atoms with Gasteiger partial charge < -0.3 is 5.73 Å². The molecule has 2 N–H and O–H groups in total. The van der Waals surface area contributed by atoms with E-state index in [2.05, 4.69) is 0 Å². The number of benzene rings is 1. The van der Waals surface area contributed by atoms with Crippen LogP contribution in [0.25, 0.3) is 5.70 Å². The number of nitrogens with two attached hydrogens (primary N) is 1. The number of hydrogen-bond acceptors (Lipinski definition) is 3. The van der Waals surface area contributed by atoms with Gasteiger partial charge in [-0.05, 0) is 13.0 Å². The minimum absolute atomic E-state index is 0.0666. The van der Waals surface area contributed by atoms with Crippen LogP contribution in [0.2, 0.25) is 5.02 Å². The number of Topliss-reactive ketones (excluding diaryl/α,β-unsaturated/α-hetero) is 1. The van der Waals surface area contributed by atoms with E-state index in [-0.39, 0.29) is 17.1 Å². The lowest BCUT2D eigenvalue weighted by Gasteiger charge is -2.05. The molecule has 0 bridgehead atoms. The van der Waals surface area contributed by atoms with Gasteiger partial charge in [-0.3, -0.25) is 4.79 Å². The van der Waals surface area contributed by atoms with Crippen molar-refractivity contribution >= 4 is 23.1 Å². The van der Waals surface area contributed by atoms with Crippen molar-refractivity contribution in [1.82, 2.24) is 0 Å². The van der Waals surface area contributed by atoms with Gasteiger partial charge in [0.25, 0.3) is 0 Å². The van der Waals surface area contributed by atoms with E-state index in [0.29, 0.717) is 10.6 Å². The van der Waals surface area contributed by atoms with Crippen molar-refractivity contribution in [3.63, 3.8) is 0 Å². The third-order valence-corrected chi connectivity index (χ3v) is 2.23. The van der Waals surface area contributed by atoms with Crippen molar-refractivity contribution in [3.8, 4) is 6.07 Å². The van der Waals surface area contributed by atoms with Crippen molar-refractivity contribution < 1.29 is 4.79 Å². The molecule has 76 valence electrons. The number of nitrogens with zero attached hydrogens (tertiary/aromatic N) is 1. The Morgan fingerprint density at radius 3 is 2.53 bits per heavy atom. The van der Waals surface area contributed by atoms with Gasteiger partial charge >= 0.3 is 0 Å². The highest BCUT2D eigenvalue weighted by molar-refractivity contribution is 6.32. The van der Waals surface area contributed by atoms with Gasteiger partial charge in [0.15, 0.2) is 5.78 Å². The Kier molecular flexibility index (Phi) is 3.48. The number of allylic oxidation sites excluding steroid dienone is 1. The Labute approximate surface area is 92.8 Å². The Bertz CT molecular complexity index is 472. The molecule has 0 aromatic heterocycles. The molecule has 0 spiro atoms. The normalized spacial score (nSPS) is 11.5. The summed E-state index contributed by atoms with van der Waals surface area (Å²) < 4.78 is 0. The van der Waals surface area contributed by atoms with Gasteiger partial charge in [-0.15, -0.1) is 0 Å². The smallest absolute Gasteiger partial charge is 0.172 e. The molecular weight excluding hydrogens is 212 g/mol. The van der Waals surface area contributed by atoms with Crippen LogP contribution in [0.4, 0.5) is 0 Å². The number of ketones is 1. The second-order valence-corrected chi connectivity index (χ2v) is 3.34. The Balaban J connectivity index is 3.37. The molecule has 0 aliphatic heterocycles. The van der Waals surface area contributed by atoms with Crippen LogP contribution < -0.4 is 5.73 Å². The van der Waals surface area contributed by atoms with Gasteiger partial charge in [0, 0.05) is 10.6 Å². The van der Waals surface area contributed by atoms with Gasteiger partial charge in [0.05, 0.1) is 5.70 Å². The summed E-state index contributed by atoms with van der Waals surface area (Å²) in [6.45, 7) is 1.29.